The number of carbonyl (C=O) groups excluding carboxylic acids is 1. The fourth-order valence-electron chi connectivity index (χ4n) is 4.59. The first kappa shape index (κ1) is 24.7. The Bertz CT molecular complexity index is 513. The molecule has 1 amide bonds. The Morgan fingerprint density at radius 2 is 1.69 bits per heavy atom. The van der Waals surface area contributed by atoms with E-state index < -0.39 is 0 Å². The molecule has 3 rings (SSSR count). The molecule has 0 aromatic rings. The largest absolute Gasteiger partial charge is 0.378 e. The lowest BCUT2D eigenvalue weighted by atomic mass is 10.2. The van der Waals surface area contributed by atoms with Gasteiger partial charge >= 0.3 is 0 Å². The number of piperazine rings is 1. The summed E-state index contributed by atoms with van der Waals surface area (Å²) in [7, 11) is 1.85. The van der Waals surface area contributed by atoms with E-state index in [1.54, 1.807) is 0 Å². The lowest BCUT2D eigenvalue weighted by Crippen LogP contribution is -2.57. The number of nitrogens with one attached hydrogen (secondary N) is 1. The van der Waals surface area contributed by atoms with Crippen molar-refractivity contribution < 1.29 is 9.53 Å². The smallest absolute Gasteiger partial charge is 0.239 e. The molecule has 1 N–H and O–H groups in total. The molecule has 1 unspecified atom stereocenters. The monoisotopic (exact) mass is 521 g/mol. The van der Waals surface area contributed by atoms with Crippen LogP contribution < -0.4 is 5.32 Å². The molecule has 1 atom stereocenters. The summed E-state index contributed by atoms with van der Waals surface area (Å²) in [4.78, 5) is 23.7. The second-order valence-electron chi connectivity index (χ2n) is 8.34. The van der Waals surface area contributed by atoms with E-state index in [1.807, 2.05) is 11.9 Å². The first-order valence-electron chi connectivity index (χ1n) is 11.3. The first-order valence-corrected chi connectivity index (χ1v) is 11.3. The van der Waals surface area contributed by atoms with E-state index in [9.17, 15) is 4.79 Å². The number of hydrogen-bond donors (Lipinski definition) is 1. The van der Waals surface area contributed by atoms with Gasteiger partial charge in [-0.3, -0.25) is 14.7 Å². The van der Waals surface area contributed by atoms with Crippen molar-refractivity contribution in [1.82, 2.24) is 20.0 Å². The summed E-state index contributed by atoms with van der Waals surface area (Å²) in [5.74, 6) is 1.27. The van der Waals surface area contributed by atoms with Crippen LogP contribution in [0, 0.1) is 0 Å². The number of nitrogens with zero attached hydrogens (tertiary/aromatic N) is 4. The van der Waals surface area contributed by atoms with Gasteiger partial charge in [-0.2, -0.15) is 0 Å². The van der Waals surface area contributed by atoms with E-state index in [0.717, 1.165) is 77.6 Å². The van der Waals surface area contributed by atoms with E-state index in [0.29, 0.717) is 12.0 Å². The summed E-state index contributed by atoms with van der Waals surface area (Å²) < 4.78 is 5.93. The Labute approximate surface area is 193 Å². The van der Waals surface area contributed by atoms with Crippen LogP contribution in [0.15, 0.2) is 4.99 Å². The molecular weight excluding hydrogens is 481 g/mol. The van der Waals surface area contributed by atoms with Gasteiger partial charge in [0.2, 0.25) is 5.91 Å². The number of halogens is 1. The van der Waals surface area contributed by atoms with Crippen molar-refractivity contribution in [3.8, 4) is 0 Å². The number of rotatable bonds is 7. The van der Waals surface area contributed by atoms with Crippen LogP contribution in [0.1, 0.15) is 51.9 Å². The molecule has 8 heteroatoms. The Morgan fingerprint density at radius 3 is 2.31 bits per heavy atom. The van der Waals surface area contributed by atoms with E-state index in [1.165, 1.54) is 25.7 Å². The van der Waals surface area contributed by atoms with Gasteiger partial charge in [0, 0.05) is 59.5 Å². The predicted molar refractivity (Wildman–Crippen MR) is 128 cm³/mol. The summed E-state index contributed by atoms with van der Waals surface area (Å²) in [5, 5.41) is 3.48. The highest BCUT2D eigenvalue weighted by atomic mass is 127. The average Bonchev–Trinajstić information content (AvgIpc) is 3.44. The SMILES string of the molecule is CN=C(NCCCOC1CCCC1)N1CCN(C(C)C(=O)N2CCCC2)CC1.I. The van der Waals surface area contributed by atoms with Crippen LogP contribution in [0.3, 0.4) is 0 Å². The number of hydrogen-bond acceptors (Lipinski definition) is 4. The summed E-state index contributed by atoms with van der Waals surface area (Å²) in [6, 6.07) is -0.0111. The molecule has 2 heterocycles. The molecule has 0 bridgehead atoms. The van der Waals surface area contributed by atoms with Gasteiger partial charge in [0.15, 0.2) is 5.96 Å². The first-order chi connectivity index (χ1) is 13.7. The van der Waals surface area contributed by atoms with Gasteiger partial charge in [0.25, 0.3) is 0 Å². The molecule has 2 aliphatic heterocycles. The Kier molecular flexibility index (Phi) is 11.0. The highest BCUT2D eigenvalue weighted by Crippen LogP contribution is 2.20. The molecule has 0 aromatic heterocycles. The highest BCUT2D eigenvalue weighted by molar-refractivity contribution is 14.0. The van der Waals surface area contributed by atoms with Crippen molar-refractivity contribution in [1.29, 1.82) is 0 Å². The number of carbonyl (C=O) groups is 1. The number of aliphatic imine (C=N–C) groups is 1. The lowest BCUT2D eigenvalue weighted by Gasteiger charge is -2.39. The van der Waals surface area contributed by atoms with Crippen molar-refractivity contribution in [3.05, 3.63) is 0 Å². The van der Waals surface area contributed by atoms with Crippen molar-refractivity contribution in [2.24, 2.45) is 4.99 Å². The minimum absolute atomic E-state index is 0. The number of amides is 1. The maximum absolute atomic E-state index is 12.6. The normalized spacial score (nSPS) is 22.6. The van der Waals surface area contributed by atoms with Crippen LogP contribution in [0.25, 0.3) is 0 Å². The molecule has 29 heavy (non-hydrogen) atoms. The minimum atomic E-state index is -0.0111. The standard InChI is InChI=1S/C21H39N5O2.HI/c1-18(20(27)25-11-5-6-12-25)24-13-15-26(16-14-24)21(22-2)23-10-7-17-28-19-8-3-4-9-19;/h18-19H,3-17H2,1-2H3,(H,22,23);1H. The Hall–Kier alpha value is -0.610. The zero-order valence-corrected chi connectivity index (χ0v) is 20.6. The zero-order chi connectivity index (χ0) is 19.8. The lowest BCUT2D eigenvalue weighted by molar-refractivity contribution is -0.135. The third-order valence-corrected chi connectivity index (χ3v) is 6.41. The molecule has 7 nitrogen and oxygen atoms in total. The van der Waals surface area contributed by atoms with Gasteiger partial charge < -0.3 is 19.9 Å². The van der Waals surface area contributed by atoms with Crippen molar-refractivity contribution in [2.45, 2.75) is 64.0 Å². The molecule has 3 fully saturated rings. The summed E-state index contributed by atoms with van der Waals surface area (Å²) >= 11 is 0. The second kappa shape index (κ2) is 12.9. The van der Waals surface area contributed by atoms with Crippen LogP contribution in [0.2, 0.25) is 0 Å². The Morgan fingerprint density at radius 1 is 1.03 bits per heavy atom. The van der Waals surface area contributed by atoms with Gasteiger partial charge in [-0.25, -0.2) is 0 Å². The summed E-state index contributed by atoms with van der Waals surface area (Å²) in [6.45, 7) is 9.30. The summed E-state index contributed by atoms with van der Waals surface area (Å²) in [5.41, 5.74) is 0. The molecule has 1 saturated carbocycles. The van der Waals surface area contributed by atoms with Crippen molar-refractivity contribution >= 4 is 35.8 Å². The minimum Gasteiger partial charge on any atom is -0.378 e. The second-order valence-corrected chi connectivity index (χ2v) is 8.34. The van der Waals surface area contributed by atoms with E-state index >= 15 is 0 Å². The van der Waals surface area contributed by atoms with Gasteiger partial charge in [-0.05, 0) is 39.0 Å². The number of ether oxygens (including phenoxy) is 1. The average molecular weight is 521 g/mol. The van der Waals surface area contributed by atoms with Gasteiger partial charge in [0.05, 0.1) is 12.1 Å². The molecule has 1 aliphatic carbocycles. The molecule has 2 saturated heterocycles. The maximum atomic E-state index is 12.6. The molecule has 0 radical (unpaired) electrons. The summed E-state index contributed by atoms with van der Waals surface area (Å²) in [6.07, 6.45) is 8.93. The van der Waals surface area contributed by atoms with Crippen molar-refractivity contribution in [3.63, 3.8) is 0 Å². The zero-order valence-electron chi connectivity index (χ0n) is 18.3. The fraction of sp³-hybridized carbons (Fsp3) is 0.905. The van der Waals surface area contributed by atoms with Crippen LogP contribution >= 0.6 is 24.0 Å². The third kappa shape index (κ3) is 7.24. The predicted octanol–water partition coefficient (Wildman–Crippen LogP) is 2.16. The van der Waals surface area contributed by atoms with E-state index in [4.69, 9.17) is 4.74 Å². The molecular formula is C21H40IN5O2. The Balaban J connectivity index is 0.00000300. The van der Waals surface area contributed by atoms with E-state index in [2.05, 4.69) is 27.0 Å². The third-order valence-electron chi connectivity index (χ3n) is 6.41. The van der Waals surface area contributed by atoms with Crippen LogP contribution in [-0.2, 0) is 9.53 Å². The number of guanidine groups is 1. The van der Waals surface area contributed by atoms with Gasteiger partial charge in [-0.15, -0.1) is 24.0 Å². The molecule has 3 aliphatic rings. The van der Waals surface area contributed by atoms with Crippen molar-refractivity contribution in [2.75, 3.05) is 59.5 Å². The van der Waals surface area contributed by atoms with E-state index in [-0.39, 0.29) is 30.0 Å². The maximum Gasteiger partial charge on any atom is 0.239 e. The quantitative estimate of drug-likeness (QED) is 0.241. The van der Waals surface area contributed by atoms with Crippen LogP contribution in [0.5, 0.6) is 0 Å². The molecule has 0 aromatic carbocycles. The number of likely N-dealkylation sites (tertiary alicyclic amines) is 1. The fourth-order valence-corrected chi connectivity index (χ4v) is 4.59. The molecule has 0 spiro atoms. The topological polar surface area (TPSA) is 60.4 Å². The van der Waals surface area contributed by atoms with Gasteiger partial charge in [0.1, 0.15) is 0 Å². The molecule has 168 valence electrons. The van der Waals surface area contributed by atoms with Crippen LogP contribution in [0.4, 0.5) is 0 Å². The van der Waals surface area contributed by atoms with Gasteiger partial charge in [-0.1, -0.05) is 12.8 Å². The van der Waals surface area contributed by atoms with Crippen LogP contribution in [-0.4, -0.2) is 98.2 Å². The highest BCUT2D eigenvalue weighted by Gasteiger charge is 2.30.